The van der Waals surface area contributed by atoms with Crippen LogP contribution < -0.4 is 38.2 Å². The number of hydrazine groups is 1. The van der Waals surface area contributed by atoms with Gasteiger partial charge in [-0.1, -0.05) is 42.5 Å². The van der Waals surface area contributed by atoms with Gasteiger partial charge in [0.1, 0.15) is 6.61 Å². The first-order chi connectivity index (χ1) is 25.6. The third kappa shape index (κ3) is 13.3. The fourth-order valence-electron chi connectivity index (χ4n) is 5.86. The van der Waals surface area contributed by atoms with Gasteiger partial charge in [0.15, 0.2) is 0 Å². The maximum Gasteiger partial charge on any atom is 0.407 e. The van der Waals surface area contributed by atoms with Gasteiger partial charge < -0.3 is 51.5 Å². The van der Waals surface area contributed by atoms with E-state index in [1.54, 1.807) is 19.1 Å². The Morgan fingerprint density at radius 3 is 2.30 bits per heavy atom. The van der Waals surface area contributed by atoms with Gasteiger partial charge in [0.25, 0.3) is 0 Å². The summed E-state index contributed by atoms with van der Waals surface area (Å²) in [5, 5.41) is 9.90. The van der Waals surface area contributed by atoms with Crippen molar-refractivity contribution < 1.29 is 33.4 Å². The molecular weight excluding hydrogens is 692 g/mol. The second-order valence-electron chi connectivity index (χ2n) is 14.5. The molecule has 0 spiro atoms. The highest BCUT2D eigenvalue weighted by molar-refractivity contribution is 6.02. The van der Waals surface area contributed by atoms with E-state index in [2.05, 4.69) is 16.0 Å². The number of fused-ring (bicyclic) bond motifs is 2. The van der Waals surface area contributed by atoms with Crippen LogP contribution in [-0.2, 0) is 35.1 Å². The van der Waals surface area contributed by atoms with Crippen LogP contribution in [0.5, 0.6) is 0 Å². The lowest BCUT2D eigenvalue weighted by Gasteiger charge is -2.33. The van der Waals surface area contributed by atoms with E-state index >= 15 is 0 Å². The molecule has 0 aliphatic carbocycles. The summed E-state index contributed by atoms with van der Waals surface area (Å²) in [5.41, 5.74) is 14.8. The molecule has 0 fully saturated rings. The van der Waals surface area contributed by atoms with E-state index in [4.69, 9.17) is 31.5 Å². The number of carbonyl (C=O) groups excluding carboxylic acids is 4. The highest BCUT2D eigenvalue weighted by Gasteiger charge is 2.29. The molecule has 1 aliphatic rings. The molecule has 1 aliphatic heterocycles. The van der Waals surface area contributed by atoms with Crippen LogP contribution in [0, 0.1) is 0 Å². The van der Waals surface area contributed by atoms with E-state index in [1.807, 2.05) is 76.2 Å². The average molecular weight is 753 g/mol. The summed E-state index contributed by atoms with van der Waals surface area (Å²) in [6.45, 7) is 9.20. The molecule has 0 aromatic heterocycles. The maximum atomic E-state index is 13.9. The number of hydrogen-bond donors (Lipinski definition) is 6. The summed E-state index contributed by atoms with van der Waals surface area (Å²) >= 11 is 0. The van der Waals surface area contributed by atoms with Crippen molar-refractivity contribution in [3.63, 3.8) is 0 Å². The summed E-state index contributed by atoms with van der Waals surface area (Å²) in [5.74, 6) is 5.72. The molecule has 15 heteroatoms. The lowest BCUT2D eigenvalue weighted by Crippen LogP contribution is -2.42. The Morgan fingerprint density at radius 2 is 1.61 bits per heavy atom. The number of benzene rings is 2. The molecule has 0 bridgehead atoms. The van der Waals surface area contributed by atoms with Crippen LogP contribution in [0.4, 0.5) is 10.5 Å². The first-order valence-corrected chi connectivity index (χ1v) is 18.4. The molecule has 1 heterocycles. The largest absolute Gasteiger partial charge is 0.448 e. The molecule has 298 valence electrons. The van der Waals surface area contributed by atoms with E-state index in [0.717, 1.165) is 5.56 Å². The van der Waals surface area contributed by atoms with Crippen LogP contribution in [0.3, 0.4) is 0 Å². The Bertz CT molecular complexity index is 1610. The fraction of sp³-hybridized carbons (Fsp3) is 0.538. The summed E-state index contributed by atoms with van der Waals surface area (Å²) in [6, 6.07) is 14.4. The number of rotatable bonds is 21. The number of hydrogen-bond acceptors (Lipinski definition) is 11. The Morgan fingerprint density at radius 1 is 0.926 bits per heavy atom. The molecule has 4 amide bonds. The van der Waals surface area contributed by atoms with Crippen LogP contribution in [0.2, 0.25) is 0 Å². The third-order valence-corrected chi connectivity index (χ3v) is 9.40. The second-order valence-corrected chi connectivity index (χ2v) is 14.5. The Hall–Kier alpha value is -4.70. The Kier molecular flexibility index (Phi) is 16.7. The van der Waals surface area contributed by atoms with Crippen molar-refractivity contribution in [1.29, 1.82) is 0 Å². The summed E-state index contributed by atoms with van der Waals surface area (Å²) < 4.78 is 16.9. The summed E-state index contributed by atoms with van der Waals surface area (Å²) in [7, 11) is 3.34. The van der Waals surface area contributed by atoms with Gasteiger partial charge in [0, 0.05) is 44.2 Å². The molecule has 0 saturated heterocycles. The molecule has 1 atom stereocenters. The van der Waals surface area contributed by atoms with E-state index < -0.39 is 23.6 Å². The third-order valence-electron chi connectivity index (χ3n) is 9.40. The van der Waals surface area contributed by atoms with Gasteiger partial charge in [-0.2, -0.15) is 0 Å². The molecule has 0 saturated carbocycles. The van der Waals surface area contributed by atoms with E-state index in [9.17, 15) is 19.2 Å². The van der Waals surface area contributed by atoms with Crippen LogP contribution in [0.1, 0.15) is 82.9 Å². The molecule has 3 rings (SSSR count). The molecule has 2 aromatic carbocycles. The predicted molar refractivity (Wildman–Crippen MR) is 209 cm³/mol. The fourth-order valence-corrected chi connectivity index (χ4v) is 5.86. The number of ether oxygens (including phenoxy) is 3. The number of nitrogens with one attached hydrogen (secondary N) is 3. The number of anilines is 1. The molecule has 0 radical (unpaired) electrons. The zero-order valence-corrected chi connectivity index (χ0v) is 32.7. The average Bonchev–Trinajstić information content (AvgIpc) is 3.13. The Labute approximate surface area is 319 Å². The highest BCUT2D eigenvalue weighted by Crippen LogP contribution is 2.37. The Balaban J connectivity index is 1.66. The lowest BCUT2D eigenvalue weighted by atomic mass is 9.95. The molecule has 15 nitrogen and oxygen atoms in total. The van der Waals surface area contributed by atoms with Gasteiger partial charge >= 0.3 is 6.09 Å². The smallest absolute Gasteiger partial charge is 0.407 e. The van der Waals surface area contributed by atoms with Crippen LogP contribution >= 0.6 is 0 Å². The predicted octanol–water partition coefficient (Wildman–Crippen LogP) is 2.97. The van der Waals surface area contributed by atoms with Crippen molar-refractivity contribution in [3.05, 3.63) is 65.2 Å². The van der Waals surface area contributed by atoms with Gasteiger partial charge in [-0.05, 0) is 72.1 Å². The number of likely N-dealkylation sites (N-methyl/N-ethyl adjacent to an activating group) is 1. The van der Waals surface area contributed by atoms with Crippen molar-refractivity contribution in [2.45, 2.75) is 90.0 Å². The maximum absolute atomic E-state index is 13.9. The molecule has 54 heavy (non-hydrogen) atoms. The first-order valence-electron chi connectivity index (χ1n) is 18.4. The number of nitrogens with two attached hydrogens (primary N) is 3. The number of para-hydroxylation sites is 1. The molecule has 9 N–H and O–H groups in total. The lowest BCUT2D eigenvalue weighted by molar-refractivity contribution is -0.126. The monoisotopic (exact) mass is 752 g/mol. The minimum absolute atomic E-state index is 0.0109. The van der Waals surface area contributed by atoms with Gasteiger partial charge in [0.2, 0.25) is 17.7 Å². The topological polar surface area (TPSA) is 217 Å². The van der Waals surface area contributed by atoms with Crippen molar-refractivity contribution in [2.24, 2.45) is 17.3 Å². The summed E-state index contributed by atoms with van der Waals surface area (Å²) in [6.07, 6.45) is 1.95. The minimum atomic E-state index is -0.606. The second kappa shape index (κ2) is 20.7. The number of alkyl carbamates (subject to hydrolysis) is 1. The first kappa shape index (κ1) is 43.7. The van der Waals surface area contributed by atoms with E-state index in [0.29, 0.717) is 67.0 Å². The van der Waals surface area contributed by atoms with Crippen LogP contribution in [0.25, 0.3) is 11.4 Å². The van der Waals surface area contributed by atoms with Crippen molar-refractivity contribution >= 4 is 40.9 Å². The van der Waals surface area contributed by atoms with Gasteiger partial charge in [0.05, 0.1) is 54.0 Å². The van der Waals surface area contributed by atoms with E-state index in [1.165, 1.54) is 5.01 Å². The zero-order valence-electron chi connectivity index (χ0n) is 32.7. The number of methoxy groups -OCH3 is 1. The molecular formula is C39H60N8O7. The van der Waals surface area contributed by atoms with Gasteiger partial charge in [-0.3, -0.25) is 14.4 Å². The summed E-state index contributed by atoms with van der Waals surface area (Å²) in [4.78, 5) is 52.3. The molecule has 1 unspecified atom stereocenters. The van der Waals surface area contributed by atoms with Crippen molar-refractivity contribution in [2.75, 3.05) is 51.9 Å². The number of amides is 4. The number of unbranched alkanes of at least 4 members (excludes halogenated alkanes) is 1. The standard InChI is InChI=1S/C39H60N8O7/c1-38(2,52-6)20-23-54-39(3,4)26-45-32(48)18-19-33(49)46-25-27-13-7-8-14-28(27)34(40)35(29-15-9-10-17-31(29)46)47(42)22-24-53-37(51)44-21-12-11-16-30(43-5)36(41)50/h7-10,13-15,17,30,43H,11-12,16,18-26,40,42H2,1-6H3,(H2,41,50)(H,44,51)(H,45,48)/b35-34-. The van der Waals surface area contributed by atoms with Crippen LogP contribution in [0.15, 0.2) is 48.5 Å². The quantitative estimate of drug-likeness (QED) is 0.0619. The van der Waals surface area contributed by atoms with Gasteiger partial charge in [-0.25, -0.2) is 10.6 Å². The van der Waals surface area contributed by atoms with Crippen LogP contribution in [-0.4, -0.2) is 93.1 Å². The SMILES string of the molecule is CNC(CCCCNC(=O)OCCN(N)/C1=C(\N)c2ccccc2CN(C(=O)CCC(=O)NCC(C)(C)OCCC(C)(C)OC)c2ccccc21)C(N)=O. The molecule has 2 aromatic rings. The highest BCUT2D eigenvalue weighted by atomic mass is 16.5. The minimum Gasteiger partial charge on any atom is -0.448 e. The zero-order chi connectivity index (χ0) is 39.9. The number of nitrogens with zero attached hydrogens (tertiary/aromatic N) is 2. The van der Waals surface area contributed by atoms with E-state index in [-0.39, 0.29) is 56.5 Å². The number of primary amides is 1. The van der Waals surface area contributed by atoms with Crippen molar-refractivity contribution in [3.8, 4) is 0 Å². The number of carbonyl (C=O) groups is 4. The van der Waals surface area contributed by atoms with Crippen molar-refractivity contribution in [1.82, 2.24) is 21.0 Å². The van der Waals surface area contributed by atoms with Gasteiger partial charge in [-0.15, -0.1) is 0 Å². The normalized spacial score (nSPS) is 14.9.